The number of methoxy groups -OCH3 is 1. The van der Waals surface area contributed by atoms with Crippen LogP contribution in [0.4, 0.5) is 0 Å². The molecule has 0 spiro atoms. The number of nitrogens with zero attached hydrogens (tertiary/aromatic N) is 2. The molecule has 0 saturated heterocycles. The van der Waals surface area contributed by atoms with Gasteiger partial charge in [0, 0.05) is 33.9 Å². The maximum Gasteiger partial charge on any atom is 0.191 e. The van der Waals surface area contributed by atoms with Crippen LogP contribution in [0.15, 0.2) is 29.3 Å². The van der Waals surface area contributed by atoms with Gasteiger partial charge in [0.05, 0.1) is 24.8 Å². The number of guanidine groups is 1. The maximum atomic E-state index is 8.88. The number of nitrogens with one attached hydrogen (secondary N) is 2. The van der Waals surface area contributed by atoms with Gasteiger partial charge in [-0.1, -0.05) is 12.1 Å². The number of aliphatic imine (C=N–C) groups is 1. The zero-order valence-electron chi connectivity index (χ0n) is 13.7. The molecule has 128 valence electrons. The Labute approximate surface area is 155 Å². The third-order valence-electron chi connectivity index (χ3n) is 2.93. The molecule has 2 N–H and O–H groups in total. The summed E-state index contributed by atoms with van der Waals surface area (Å²) in [6.45, 7) is 3.35. The second kappa shape index (κ2) is 14.2. The average Bonchev–Trinajstić information content (AvgIpc) is 2.57. The Morgan fingerprint density at radius 1 is 1.26 bits per heavy atom. The predicted octanol–water partition coefficient (Wildman–Crippen LogP) is 1.89. The number of hydrogen-bond donors (Lipinski definition) is 2. The first-order chi connectivity index (χ1) is 10.8. The van der Waals surface area contributed by atoms with E-state index in [9.17, 15) is 0 Å². The minimum absolute atomic E-state index is 0. The van der Waals surface area contributed by atoms with Crippen LogP contribution in [-0.4, -0.2) is 46.5 Å². The van der Waals surface area contributed by atoms with Gasteiger partial charge in [-0.15, -0.1) is 24.0 Å². The summed E-state index contributed by atoms with van der Waals surface area (Å²) in [4.78, 5) is 4.16. The zero-order valence-corrected chi connectivity index (χ0v) is 16.0. The molecule has 0 aromatic heterocycles. The Morgan fingerprint density at radius 2 is 2.09 bits per heavy atom. The highest BCUT2D eigenvalue weighted by Crippen LogP contribution is 2.03. The SMILES string of the molecule is CN=C(NCCCOCCOC)NCc1cccc(C#N)c1.I. The van der Waals surface area contributed by atoms with Gasteiger partial charge in [-0.3, -0.25) is 4.99 Å². The van der Waals surface area contributed by atoms with Gasteiger partial charge < -0.3 is 20.1 Å². The standard InChI is InChI=1S/C16H24N4O2.HI/c1-18-16(19-7-4-8-22-10-9-21-2)20-13-15-6-3-5-14(11-15)12-17;/h3,5-6,11H,4,7-10,13H2,1-2H3,(H2,18,19,20);1H. The molecule has 0 fully saturated rings. The lowest BCUT2D eigenvalue weighted by atomic mass is 10.1. The molecule has 0 bridgehead atoms. The topological polar surface area (TPSA) is 78.7 Å². The summed E-state index contributed by atoms with van der Waals surface area (Å²) < 4.78 is 10.3. The molecule has 0 saturated carbocycles. The van der Waals surface area contributed by atoms with E-state index in [1.165, 1.54) is 0 Å². The van der Waals surface area contributed by atoms with E-state index in [0.29, 0.717) is 31.9 Å². The molecule has 0 unspecified atom stereocenters. The molecule has 1 rings (SSSR count). The Morgan fingerprint density at radius 3 is 2.78 bits per heavy atom. The molecule has 1 aromatic carbocycles. The van der Waals surface area contributed by atoms with Crippen LogP contribution in [0.3, 0.4) is 0 Å². The van der Waals surface area contributed by atoms with Gasteiger partial charge in [-0.05, 0) is 24.1 Å². The van der Waals surface area contributed by atoms with Crippen molar-refractivity contribution in [3.8, 4) is 6.07 Å². The van der Waals surface area contributed by atoms with Crippen LogP contribution in [0.1, 0.15) is 17.5 Å². The molecule has 0 heterocycles. The highest BCUT2D eigenvalue weighted by molar-refractivity contribution is 14.0. The largest absolute Gasteiger partial charge is 0.382 e. The smallest absolute Gasteiger partial charge is 0.191 e. The first-order valence-corrected chi connectivity index (χ1v) is 7.30. The molecule has 7 heteroatoms. The zero-order chi connectivity index (χ0) is 16.0. The second-order valence-electron chi connectivity index (χ2n) is 4.62. The molecular weight excluding hydrogens is 407 g/mol. The molecule has 6 nitrogen and oxygen atoms in total. The van der Waals surface area contributed by atoms with Crippen molar-refractivity contribution in [2.24, 2.45) is 4.99 Å². The number of rotatable bonds is 9. The lowest BCUT2D eigenvalue weighted by Crippen LogP contribution is -2.37. The lowest BCUT2D eigenvalue weighted by Gasteiger charge is -2.12. The van der Waals surface area contributed by atoms with Crippen molar-refractivity contribution in [3.05, 3.63) is 35.4 Å². The van der Waals surface area contributed by atoms with Gasteiger partial charge in [0.2, 0.25) is 0 Å². The molecule has 1 aromatic rings. The van der Waals surface area contributed by atoms with Crippen LogP contribution >= 0.6 is 24.0 Å². The molecule has 0 aliphatic rings. The Balaban J connectivity index is 0.00000484. The molecule has 0 atom stereocenters. The van der Waals surface area contributed by atoms with E-state index >= 15 is 0 Å². The van der Waals surface area contributed by atoms with Gasteiger partial charge in [0.15, 0.2) is 5.96 Å². The Hall–Kier alpha value is -1.37. The van der Waals surface area contributed by atoms with E-state index < -0.39 is 0 Å². The third kappa shape index (κ3) is 10.1. The van der Waals surface area contributed by atoms with E-state index in [1.54, 1.807) is 20.2 Å². The van der Waals surface area contributed by atoms with Crippen molar-refractivity contribution in [2.75, 3.05) is 40.5 Å². The van der Waals surface area contributed by atoms with Crippen molar-refractivity contribution in [1.29, 1.82) is 5.26 Å². The third-order valence-corrected chi connectivity index (χ3v) is 2.93. The molecule has 0 radical (unpaired) electrons. The van der Waals surface area contributed by atoms with Crippen LogP contribution < -0.4 is 10.6 Å². The number of hydrogen-bond acceptors (Lipinski definition) is 4. The minimum Gasteiger partial charge on any atom is -0.382 e. The predicted molar refractivity (Wildman–Crippen MR) is 102 cm³/mol. The van der Waals surface area contributed by atoms with Gasteiger partial charge in [0.25, 0.3) is 0 Å². The van der Waals surface area contributed by atoms with E-state index in [-0.39, 0.29) is 24.0 Å². The van der Waals surface area contributed by atoms with Crippen molar-refractivity contribution >= 4 is 29.9 Å². The quantitative estimate of drug-likeness (QED) is 0.270. The summed E-state index contributed by atoms with van der Waals surface area (Å²) in [5.41, 5.74) is 1.71. The summed E-state index contributed by atoms with van der Waals surface area (Å²) in [5.74, 6) is 0.735. The average molecular weight is 432 g/mol. The summed E-state index contributed by atoms with van der Waals surface area (Å²) in [5, 5.41) is 15.3. The molecule has 23 heavy (non-hydrogen) atoms. The lowest BCUT2D eigenvalue weighted by molar-refractivity contribution is 0.0698. The summed E-state index contributed by atoms with van der Waals surface area (Å²) in [7, 11) is 3.39. The summed E-state index contributed by atoms with van der Waals surface area (Å²) in [6.07, 6.45) is 0.897. The monoisotopic (exact) mass is 432 g/mol. The van der Waals surface area contributed by atoms with Crippen LogP contribution in [0.5, 0.6) is 0 Å². The summed E-state index contributed by atoms with van der Waals surface area (Å²) in [6, 6.07) is 9.65. The highest BCUT2D eigenvalue weighted by atomic mass is 127. The fourth-order valence-corrected chi connectivity index (χ4v) is 1.78. The number of benzene rings is 1. The Bertz CT molecular complexity index is 503. The van der Waals surface area contributed by atoms with Crippen molar-refractivity contribution in [2.45, 2.75) is 13.0 Å². The fourth-order valence-electron chi connectivity index (χ4n) is 1.78. The van der Waals surface area contributed by atoms with Crippen molar-refractivity contribution in [1.82, 2.24) is 10.6 Å². The second-order valence-corrected chi connectivity index (χ2v) is 4.62. The first-order valence-electron chi connectivity index (χ1n) is 7.30. The van der Waals surface area contributed by atoms with E-state index in [2.05, 4.69) is 21.7 Å². The number of nitriles is 1. The number of halogens is 1. The van der Waals surface area contributed by atoms with Crippen LogP contribution in [-0.2, 0) is 16.0 Å². The van der Waals surface area contributed by atoms with Gasteiger partial charge in [-0.2, -0.15) is 5.26 Å². The van der Waals surface area contributed by atoms with E-state index in [1.807, 2.05) is 18.2 Å². The minimum atomic E-state index is 0. The van der Waals surface area contributed by atoms with E-state index in [0.717, 1.165) is 24.5 Å². The molecule has 0 amide bonds. The highest BCUT2D eigenvalue weighted by Gasteiger charge is 1.99. The van der Waals surface area contributed by atoms with Gasteiger partial charge >= 0.3 is 0 Å². The van der Waals surface area contributed by atoms with Crippen LogP contribution in [0, 0.1) is 11.3 Å². The normalized spacial score (nSPS) is 10.6. The van der Waals surface area contributed by atoms with Crippen molar-refractivity contribution in [3.63, 3.8) is 0 Å². The van der Waals surface area contributed by atoms with Crippen molar-refractivity contribution < 1.29 is 9.47 Å². The molecule has 0 aliphatic heterocycles. The molecular formula is C16H25IN4O2. The van der Waals surface area contributed by atoms with Gasteiger partial charge in [-0.25, -0.2) is 0 Å². The maximum absolute atomic E-state index is 8.88. The van der Waals surface area contributed by atoms with Gasteiger partial charge in [0.1, 0.15) is 0 Å². The van der Waals surface area contributed by atoms with E-state index in [4.69, 9.17) is 14.7 Å². The summed E-state index contributed by atoms with van der Waals surface area (Å²) >= 11 is 0. The van der Waals surface area contributed by atoms with Crippen LogP contribution in [0.25, 0.3) is 0 Å². The molecule has 0 aliphatic carbocycles. The van der Waals surface area contributed by atoms with Crippen LogP contribution in [0.2, 0.25) is 0 Å². The number of ether oxygens (including phenoxy) is 2. The fraction of sp³-hybridized carbons (Fsp3) is 0.500. The first kappa shape index (κ1) is 21.6. The Kier molecular flexibility index (Phi) is 13.4.